The maximum absolute atomic E-state index is 9.32. The van der Waals surface area contributed by atoms with Crippen LogP contribution in [-0.2, 0) is 75.0 Å². The molecule has 0 rings (SSSR count). The third-order valence-electron chi connectivity index (χ3n) is 0.200. The summed E-state index contributed by atoms with van der Waals surface area (Å²) < 4.78 is 55.2. The van der Waals surface area contributed by atoms with Gasteiger partial charge in [-0.2, -0.15) is 0 Å². The first-order chi connectivity index (χ1) is 5.71. The fourth-order valence-electron chi connectivity index (χ4n) is 0.122. The molecule has 0 spiro atoms. The average molecular weight is 461 g/mol. The Hall–Kier alpha value is 1.69. The molecule has 3 radical (unpaired) electrons. The first-order valence-corrected chi connectivity index (χ1v) is 6.38. The average Bonchev–Trinajstić information content (AvgIpc) is 1.42. The van der Waals surface area contributed by atoms with Crippen molar-refractivity contribution in [3.05, 3.63) is 0 Å². The van der Waals surface area contributed by atoms with Crippen molar-refractivity contribution in [2.75, 3.05) is 0 Å². The minimum Gasteiger partial charge on any atom is -0.790 e. The molecule has 0 aliphatic heterocycles. The quantitative estimate of drug-likeness (QED) is 0.165. The van der Waals surface area contributed by atoms with Crippen LogP contribution in [0.4, 0.5) is 0 Å². The summed E-state index contributed by atoms with van der Waals surface area (Å²) in [5, 5.41) is 0. The van der Waals surface area contributed by atoms with Gasteiger partial charge in [0, 0.05) is 10.4 Å². The maximum Gasteiger partial charge on any atom is 2.00 e. The van der Waals surface area contributed by atoms with E-state index in [1.54, 1.807) is 0 Å². The second kappa shape index (κ2) is 11.5. The van der Waals surface area contributed by atoms with E-state index >= 15 is 0 Å². The molecule has 0 atom stereocenters. The van der Waals surface area contributed by atoms with Crippen LogP contribution >= 0.6 is 15.6 Å². The van der Waals surface area contributed by atoms with E-state index in [2.05, 4.69) is 4.31 Å². The van der Waals surface area contributed by atoms with Crippen LogP contribution in [0.1, 0.15) is 0 Å². The second-order valence-electron chi connectivity index (χ2n) is 1.38. The van der Waals surface area contributed by atoms with Gasteiger partial charge < -0.3 is 42.1 Å². The molecule has 0 saturated carbocycles. The molecule has 0 heterocycles. The van der Waals surface area contributed by atoms with Crippen LogP contribution in [0.2, 0.25) is 0 Å². The fourth-order valence-corrected chi connectivity index (χ4v) is 1.10. The summed E-state index contributed by atoms with van der Waals surface area (Å²) >= 11 is 0. The molecule has 17 heteroatoms. The third kappa shape index (κ3) is 73.6. The van der Waals surface area contributed by atoms with Crippen molar-refractivity contribution < 1.29 is 102 Å². The van der Waals surface area contributed by atoms with Crippen molar-refractivity contribution in [2.45, 2.75) is 0 Å². The summed E-state index contributed by atoms with van der Waals surface area (Å²) in [6, 6.07) is 0. The smallest absolute Gasteiger partial charge is 0.790 e. The van der Waals surface area contributed by atoms with E-state index in [9.17, 15) is 28.7 Å². The van der Waals surface area contributed by atoms with Gasteiger partial charge in [0.1, 0.15) is 0 Å². The third-order valence-corrected chi connectivity index (χ3v) is 1.80. The molecule has 115 valence electrons. The van der Waals surface area contributed by atoms with Crippen molar-refractivity contribution in [1.82, 2.24) is 0 Å². The number of hydrogen-bond donors (Lipinski definition) is 0. The van der Waals surface area contributed by atoms with Crippen LogP contribution in [0, 0.1) is 0 Å². The SMILES string of the molecule is O=P([O-])([O-])OP(=O)([O-])[O-].O=S(=O)([O-])[O-].[Cu+2].[Cu+2].[Cu+2]. The van der Waals surface area contributed by atoms with Gasteiger partial charge in [-0.3, -0.25) is 8.42 Å². The summed E-state index contributed by atoms with van der Waals surface area (Å²) in [6.45, 7) is 0. The topological polar surface area (TPSA) is 216 Å². The first-order valence-electron chi connectivity index (χ1n) is 2.13. The van der Waals surface area contributed by atoms with Crippen LogP contribution in [-0.4, -0.2) is 17.5 Å². The summed E-state index contributed by atoms with van der Waals surface area (Å²) in [4.78, 5) is 37.3. The molecular weight excluding hydrogens is 461 g/mol. The maximum atomic E-state index is 9.32. The normalized spacial score (nSPS) is 10.7. The Morgan fingerprint density at radius 1 is 0.765 bits per heavy atom. The van der Waals surface area contributed by atoms with Gasteiger partial charge >= 0.3 is 51.2 Å². The van der Waals surface area contributed by atoms with E-state index in [0.717, 1.165) is 0 Å². The predicted octanol–water partition coefficient (Wildman–Crippen LogP) is -4.69. The molecular formula is Cu3O11P2S. The molecule has 17 heavy (non-hydrogen) atoms. The van der Waals surface area contributed by atoms with Gasteiger partial charge in [-0.05, 0) is 0 Å². The van der Waals surface area contributed by atoms with Gasteiger partial charge in [0.25, 0.3) is 0 Å². The minimum absolute atomic E-state index is 0. The first kappa shape index (κ1) is 31.2. The Morgan fingerprint density at radius 3 is 0.882 bits per heavy atom. The van der Waals surface area contributed by atoms with Crippen LogP contribution < -0.4 is 19.6 Å². The molecule has 0 N–H and O–H groups in total. The molecule has 0 fully saturated rings. The monoisotopic (exact) mass is 459 g/mol. The Kier molecular flexibility index (Phi) is 21.1. The number of phosphoric acid groups is 2. The van der Waals surface area contributed by atoms with Crippen molar-refractivity contribution >= 4 is 26.0 Å². The fraction of sp³-hybridized carbons (Fsp3) is 0. The zero-order valence-electron chi connectivity index (χ0n) is 6.70. The Labute approximate surface area is 127 Å². The van der Waals surface area contributed by atoms with Gasteiger partial charge in [-0.15, -0.1) is 0 Å². The summed E-state index contributed by atoms with van der Waals surface area (Å²) in [5.74, 6) is 0. The van der Waals surface area contributed by atoms with Gasteiger partial charge in [0.15, 0.2) is 0 Å². The van der Waals surface area contributed by atoms with Crippen LogP contribution in [0.3, 0.4) is 0 Å². The molecule has 0 aromatic carbocycles. The van der Waals surface area contributed by atoms with Crippen molar-refractivity contribution in [1.29, 1.82) is 0 Å². The molecule has 0 aromatic rings. The predicted molar refractivity (Wildman–Crippen MR) is 26.8 cm³/mol. The molecule has 0 aliphatic rings. The van der Waals surface area contributed by atoms with Crippen LogP contribution in [0.15, 0.2) is 0 Å². The Morgan fingerprint density at radius 2 is 0.882 bits per heavy atom. The van der Waals surface area contributed by atoms with Crippen molar-refractivity contribution in [3.63, 3.8) is 0 Å². The Balaban J connectivity index is -0.0000000533. The Bertz CT molecular complexity index is 319. The zero-order chi connectivity index (χ0) is 12.2. The number of rotatable bonds is 2. The van der Waals surface area contributed by atoms with Crippen LogP contribution in [0.25, 0.3) is 0 Å². The largest absolute Gasteiger partial charge is 2.00 e. The van der Waals surface area contributed by atoms with Crippen molar-refractivity contribution in [3.8, 4) is 0 Å². The zero-order valence-corrected chi connectivity index (χ0v) is 12.1. The van der Waals surface area contributed by atoms with Crippen molar-refractivity contribution in [2.24, 2.45) is 0 Å². The standard InChI is InChI=1S/3Cu.H4O7P2.H2O4S/c;;;1-8(2,3)7-9(4,5)6;1-5(2,3)4/h;;;(H2,1,2,3)(H2,4,5,6);(H2,1,2,3,4)/q3*+2;;/p-6. The van der Waals surface area contributed by atoms with Gasteiger partial charge in [0.05, 0.1) is 15.6 Å². The molecule has 0 unspecified atom stereocenters. The molecule has 0 amide bonds. The number of hydrogen-bond acceptors (Lipinski definition) is 11. The second-order valence-corrected chi connectivity index (χ2v) is 4.64. The summed E-state index contributed by atoms with van der Waals surface area (Å²) in [5.41, 5.74) is 0. The molecule has 0 bridgehead atoms. The molecule has 0 aromatic heterocycles. The molecule has 0 aliphatic carbocycles. The van der Waals surface area contributed by atoms with E-state index < -0.39 is 26.0 Å². The van der Waals surface area contributed by atoms with E-state index in [4.69, 9.17) is 17.5 Å². The van der Waals surface area contributed by atoms with Gasteiger partial charge in [-0.25, -0.2) is 0 Å². The summed E-state index contributed by atoms with van der Waals surface area (Å²) in [6.07, 6.45) is 0. The van der Waals surface area contributed by atoms with Gasteiger partial charge in [-0.1, -0.05) is 0 Å². The van der Waals surface area contributed by atoms with Gasteiger partial charge in [0.2, 0.25) is 0 Å². The molecule has 0 saturated heterocycles. The molecule has 11 nitrogen and oxygen atoms in total. The van der Waals surface area contributed by atoms with E-state index in [1.807, 2.05) is 0 Å². The minimum atomic E-state index is -5.68. The van der Waals surface area contributed by atoms with E-state index in [1.165, 1.54) is 0 Å². The van der Waals surface area contributed by atoms with E-state index in [-0.39, 0.29) is 51.2 Å². The van der Waals surface area contributed by atoms with E-state index in [0.29, 0.717) is 0 Å². The summed E-state index contributed by atoms with van der Waals surface area (Å²) in [7, 11) is -16.5. The van der Waals surface area contributed by atoms with Crippen LogP contribution in [0.5, 0.6) is 0 Å².